The van der Waals surface area contributed by atoms with Gasteiger partial charge in [-0.15, -0.1) is 0 Å². The fraction of sp³-hybridized carbons (Fsp3) is 0.889. The van der Waals surface area contributed by atoms with E-state index in [1.165, 1.54) is 0 Å². The largest absolute Gasteiger partial charge is 0.317 e. The average Bonchev–Trinajstić information content (AvgIpc) is 1.90. The van der Waals surface area contributed by atoms with Crippen LogP contribution in [0.2, 0.25) is 0 Å². The summed E-state index contributed by atoms with van der Waals surface area (Å²) in [5.41, 5.74) is 0. The average molecular weight is 159 g/mol. The van der Waals surface area contributed by atoms with E-state index in [1.54, 1.807) is 6.92 Å². The van der Waals surface area contributed by atoms with Crippen molar-refractivity contribution >= 4 is 5.78 Å². The molecule has 0 aromatic rings. The number of Topliss-reactive ketones (excluding diaryl/α,β-unsaturated/α-hetero) is 1. The van der Waals surface area contributed by atoms with E-state index in [4.69, 9.17) is 0 Å². The highest BCUT2D eigenvalue weighted by molar-refractivity contribution is 5.75. The van der Waals surface area contributed by atoms with Crippen molar-refractivity contribution in [3.63, 3.8) is 0 Å². The van der Waals surface area contributed by atoms with Crippen LogP contribution in [0.15, 0.2) is 0 Å². The molecule has 0 aliphatic rings. The maximum absolute atomic E-state index is 10.0. The molecule has 2 heteroatoms. The molecule has 0 aliphatic heterocycles. The summed E-state index contributed by atoms with van der Waals surface area (Å²) in [5.74, 6) is 0.289. The van der Waals surface area contributed by atoms with Crippen LogP contribution in [0.25, 0.3) is 0 Å². The van der Waals surface area contributed by atoms with Crippen LogP contribution < -0.4 is 5.32 Å². The molecule has 0 heterocycles. The van der Waals surface area contributed by atoms with Crippen LogP contribution in [-0.4, -0.2) is 18.9 Å². The molecule has 0 saturated carbocycles. The fourth-order valence-corrected chi connectivity index (χ4v) is 0.602. The third kappa shape index (κ3) is 26.2. The molecule has 11 heavy (non-hydrogen) atoms. The normalized spacial score (nSPS) is 8.36. The van der Waals surface area contributed by atoms with E-state index in [0.29, 0.717) is 0 Å². The zero-order valence-electron chi connectivity index (χ0n) is 8.24. The predicted octanol–water partition coefficient (Wildman–Crippen LogP) is 1.99. The summed E-state index contributed by atoms with van der Waals surface area (Å²) in [6.07, 6.45) is 1.72. The van der Waals surface area contributed by atoms with E-state index in [9.17, 15) is 4.79 Å². The van der Waals surface area contributed by atoms with Gasteiger partial charge in [0.25, 0.3) is 0 Å². The molecule has 0 spiro atoms. The second-order valence-corrected chi connectivity index (χ2v) is 2.41. The molecule has 68 valence electrons. The van der Waals surface area contributed by atoms with Crippen molar-refractivity contribution < 1.29 is 4.79 Å². The smallest absolute Gasteiger partial charge is 0.129 e. The molecule has 0 bridgehead atoms. The molecule has 0 unspecified atom stereocenters. The summed E-state index contributed by atoms with van der Waals surface area (Å²) in [7, 11) is 0. The first kappa shape index (κ1) is 13.2. The van der Waals surface area contributed by atoms with E-state index in [-0.39, 0.29) is 5.78 Å². The van der Waals surface area contributed by atoms with Gasteiger partial charge in [0.15, 0.2) is 0 Å². The van der Waals surface area contributed by atoms with Crippen molar-refractivity contribution in [1.29, 1.82) is 0 Å². The van der Waals surface area contributed by atoms with Gasteiger partial charge >= 0.3 is 0 Å². The number of hydrogen-bond acceptors (Lipinski definition) is 2. The van der Waals surface area contributed by atoms with Crippen LogP contribution in [0.5, 0.6) is 0 Å². The predicted molar refractivity (Wildman–Crippen MR) is 49.8 cm³/mol. The fourth-order valence-electron chi connectivity index (χ4n) is 0.602. The molecular weight excluding hydrogens is 138 g/mol. The van der Waals surface area contributed by atoms with E-state index in [1.807, 2.05) is 6.92 Å². The number of rotatable bonds is 4. The maximum Gasteiger partial charge on any atom is 0.129 e. The number of nitrogens with one attached hydrogen (secondary N) is 1. The SMILES string of the molecule is CCCC(C)=O.CCNCC. The lowest BCUT2D eigenvalue weighted by Gasteiger charge is -1.86. The lowest BCUT2D eigenvalue weighted by molar-refractivity contribution is -0.117. The molecular formula is C9H21NO. The van der Waals surface area contributed by atoms with E-state index >= 15 is 0 Å². The lowest BCUT2D eigenvalue weighted by atomic mass is 10.3. The zero-order chi connectivity index (χ0) is 9.11. The Kier molecular flexibility index (Phi) is 14.8. The third-order valence-corrected chi connectivity index (χ3v) is 1.10. The van der Waals surface area contributed by atoms with Gasteiger partial charge in [-0.2, -0.15) is 0 Å². The van der Waals surface area contributed by atoms with Gasteiger partial charge < -0.3 is 10.1 Å². The van der Waals surface area contributed by atoms with Crippen molar-refractivity contribution in [3.05, 3.63) is 0 Å². The Morgan fingerprint density at radius 3 is 1.64 bits per heavy atom. The molecule has 0 saturated heterocycles. The Balaban J connectivity index is 0. The first-order valence-electron chi connectivity index (χ1n) is 4.39. The summed E-state index contributed by atoms with van der Waals surface area (Å²) in [5, 5.41) is 3.11. The van der Waals surface area contributed by atoms with Gasteiger partial charge in [-0.25, -0.2) is 0 Å². The highest BCUT2D eigenvalue weighted by atomic mass is 16.1. The van der Waals surface area contributed by atoms with Gasteiger partial charge in [-0.1, -0.05) is 20.8 Å². The summed E-state index contributed by atoms with van der Waals surface area (Å²) < 4.78 is 0. The van der Waals surface area contributed by atoms with E-state index in [0.717, 1.165) is 25.9 Å². The van der Waals surface area contributed by atoms with Crippen molar-refractivity contribution in [2.75, 3.05) is 13.1 Å². The van der Waals surface area contributed by atoms with Gasteiger partial charge in [-0.05, 0) is 26.4 Å². The molecule has 2 nitrogen and oxygen atoms in total. The first-order chi connectivity index (χ1) is 5.18. The highest BCUT2D eigenvalue weighted by Gasteiger charge is 1.83. The summed E-state index contributed by atoms with van der Waals surface area (Å²) in [6.45, 7) is 10.0. The molecule has 0 aromatic carbocycles. The Labute approximate surface area is 70.4 Å². The Hall–Kier alpha value is -0.370. The van der Waals surface area contributed by atoms with Crippen molar-refractivity contribution in [1.82, 2.24) is 5.32 Å². The minimum absolute atomic E-state index is 0.289. The van der Waals surface area contributed by atoms with Crippen LogP contribution >= 0.6 is 0 Å². The molecule has 1 N–H and O–H groups in total. The van der Waals surface area contributed by atoms with Crippen LogP contribution in [-0.2, 0) is 4.79 Å². The number of ketones is 1. The van der Waals surface area contributed by atoms with Gasteiger partial charge in [0.1, 0.15) is 5.78 Å². The van der Waals surface area contributed by atoms with Gasteiger partial charge in [0, 0.05) is 6.42 Å². The van der Waals surface area contributed by atoms with Gasteiger partial charge in [0.2, 0.25) is 0 Å². The Morgan fingerprint density at radius 2 is 1.64 bits per heavy atom. The minimum Gasteiger partial charge on any atom is -0.317 e. The standard InChI is InChI=1S/C5H10O.C4H11N/c1-3-4-5(2)6;1-3-5-4-2/h3-4H2,1-2H3;5H,3-4H2,1-2H3. The second kappa shape index (κ2) is 12.3. The molecule has 0 fully saturated rings. The van der Waals surface area contributed by atoms with Crippen molar-refractivity contribution in [3.8, 4) is 0 Å². The lowest BCUT2D eigenvalue weighted by Crippen LogP contribution is -2.09. The van der Waals surface area contributed by atoms with Crippen LogP contribution in [0.4, 0.5) is 0 Å². The quantitative estimate of drug-likeness (QED) is 0.679. The topological polar surface area (TPSA) is 29.1 Å². The zero-order valence-corrected chi connectivity index (χ0v) is 8.24. The van der Waals surface area contributed by atoms with Crippen LogP contribution in [0.3, 0.4) is 0 Å². The highest BCUT2D eigenvalue weighted by Crippen LogP contribution is 1.84. The summed E-state index contributed by atoms with van der Waals surface area (Å²) >= 11 is 0. The molecule has 0 atom stereocenters. The molecule has 0 aliphatic carbocycles. The third-order valence-electron chi connectivity index (χ3n) is 1.10. The Bertz CT molecular complexity index is 79.6. The van der Waals surface area contributed by atoms with Gasteiger partial charge in [-0.3, -0.25) is 0 Å². The minimum atomic E-state index is 0.289. The summed E-state index contributed by atoms with van der Waals surface area (Å²) in [4.78, 5) is 10.0. The molecule has 0 aromatic heterocycles. The molecule has 0 amide bonds. The summed E-state index contributed by atoms with van der Waals surface area (Å²) in [6, 6.07) is 0. The number of hydrogen-bond donors (Lipinski definition) is 1. The molecule has 0 radical (unpaired) electrons. The molecule has 0 rings (SSSR count). The van der Waals surface area contributed by atoms with Crippen LogP contribution in [0, 0.1) is 0 Å². The van der Waals surface area contributed by atoms with E-state index < -0.39 is 0 Å². The number of carbonyl (C=O) groups is 1. The maximum atomic E-state index is 10.0. The monoisotopic (exact) mass is 159 g/mol. The van der Waals surface area contributed by atoms with Crippen molar-refractivity contribution in [2.45, 2.75) is 40.5 Å². The first-order valence-corrected chi connectivity index (χ1v) is 4.39. The van der Waals surface area contributed by atoms with Crippen molar-refractivity contribution in [2.24, 2.45) is 0 Å². The number of carbonyl (C=O) groups excluding carboxylic acids is 1. The van der Waals surface area contributed by atoms with Crippen LogP contribution in [0.1, 0.15) is 40.5 Å². The Morgan fingerprint density at radius 1 is 1.18 bits per heavy atom. The second-order valence-electron chi connectivity index (χ2n) is 2.41. The van der Waals surface area contributed by atoms with E-state index in [2.05, 4.69) is 19.2 Å². The van der Waals surface area contributed by atoms with Gasteiger partial charge in [0.05, 0.1) is 0 Å².